The third kappa shape index (κ3) is 3.20. The fourth-order valence-corrected chi connectivity index (χ4v) is 4.00. The van der Waals surface area contributed by atoms with E-state index < -0.39 is 0 Å². The normalized spacial score (nSPS) is 11.3. The molecule has 2 heterocycles. The zero-order chi connectivity index (χ0) is 20.5. The Balaban J connectivity index is 1.81. The minimum atomic E-state index is 0.0269. The molecule has 148 valence electrons. The van der Waals surface area contributed by atoms with Crippen LogP contribution in [0, 0.1) is 0 Å². The molecule has 0 fully saturated rings. The summed E-state index contributed by atoms with van der Waals surface area (Å²) in [6.45, 7) is 0.479. The Hall–Kier alpha value is -3.34. The van der Waals surface area contributed by atoms with E-state index in [1.54, 1.807) is 0 Å². The van der Waals surface area contributed by atoms with Crippen molar-refractivity contribution in [1.29, 1.82) is 0 Å². The molecule has 0 spiro atoms. The van der Waals surface area contributed by atoms with Crippen LogP contribution in [-0.2, 0) is 6.54 Å². The second kappa shape index (κ2) is 7.82. The van der Waals surface area contributed by atoms with Gasteiger partial charge in [-0.2, -0.15) is 0 Å². The van der Waals surface area contributed by atoms with Crippen molar-refractivity contribution in [2.45, 2.75) is 6.54 Å². The number of aliphatic hydroxyl groups is 1. The van der Waals surface area contributed by atoms with E-state index in [-0.39, 0.29) is 6.61 Å². The van der Waals surface area contributed by atoms with Gasteiger partial charge in [0, 0.05) is 28.9 Å². The van der Waals surface area contributed by atoms with Crippen LogP contribution in [0.3, 0.4) is 0 Å². The summed E-state index contributed by atoms with van der Waals surface area (Å²) in [5.74, 6) is 0.798. The molecular formula is C25H20ClN3O. The molecule has 3 aromatic carbocycles. The van der Waals surface area contributed by atoms with Crippen molar-refractivity contribution < 1.29 is 5.11 Å². The largest absolute Gasteiger partial charge is 0.395 e. The van der Waals surface area contributed by atoms with Gasteiger partial charge >= 0.3 is 0 Å². The number of nitrogens with zero attached hydrogens (tertiary/aromatic N) is 3. The second-order valence-corrected chi connectivity index (χ2v) is 7.54. The molecule has 2 aromatic heterocycles. The van der Waals surface area contributed by atoms with E-state index in [9.17, 15) is 5.11 Å². The van der Waals surface area contributed by atoms with Gasteiger partial charge in [-0.25, -0.2) is 4.98 Å². The zero-order valence-electron chi connectivity index (χ0n) is 16.2. The molecule has 0 bridgehead atoms. The monoisotopic (exact) mass is 413 g/mol. The highest BCUT2D eigenvalue weighted by Gasteiger charge is 2.21. The fraction of sp³-hybridized carbons (Fsp3) is 0.0800. The van der Waals surface area contributed by atoms with Crippen molar-refractivity contribution in [3.63, 3.8) is 0 Å². The Bertz CT molecular complexity index is 1290. The summed E-state index contributed by atoms with van der Waals surface area (Å²) in [6, 6.07) is 28.2. The highest BCUT2D eigenvalue weighted by molar-refractivity contribution is 6.30. The van der Waals surface area contributed by atoms with E-state index in [1.807, 2.05) is 60.7 Å². The molecule has 0 saturated heterocycles. The van der Waals surface area contributed by atoms with Gasteiger partial charge in [0.25, 0.3) is 0 Å². The van der Waals surface area contributed by atoms with E-state index in [0.29, 0.717) is 11.6 Å². The summed E-state index contributed by atoms with van der Waals surface area (Å²) in [5.41, 5.74) is 6.12. The smallest absolute Gasteiger partial charge is 0.215 e. The maximum absolute atomic E-state index is 9.74. The number of fused-ring (bicyclic) bond motifs is 1. The predicted octanol–water partition coefficient (Wildman–Crippen LogP) is 5.78. The average molecular weight is 414 g/mol. The maximum Gasteiger partial charge on any atom is 0.215 e. The van der Waals surface area contributed by atoms with Crippen molar-refractivity contribution in [3.8, 4) is 33.8 Å². The number of imidazole rings is 2. The van der Waals surface area contributed by atoms with Crippen LogP contribution in [0.5, 0.6) is 0 Å². The van der Waals surface area contributed by atoms with E-state index in [1.165, 1.54) is 0 Å². The summed E-state index contributed by atoms with van der Waals surface area (Å²) in [6.07, 6.45) is 2.09. The van der Waals surface area contributed by atoms with E-state index in [0.717, 1.165) is 39.5 Å². The van der Waals surface area contributed by atoms with Crippen LogP contribution < -0.4 is 0 Å². The van der Waals surface area contributed by atoms with Crippen molar-refractivity contribution in [2.75, 3.05) is 6.61 Å². The number of rotatable bonds is 5. The highest BCUT2D eigenvalue weighted by atomic mass is 35.5. The Morgan fingerprint density at radius 2 is 1.40 bits per heavy atom. The van der Waals surface area contributed by atoms with Crippen molar-refractivity contribution in [3.05, 3.63) is 96.1 Å². The molecule has 0 aliphatic rings. The van der Waals surface area contributed by atoms with Gasteiger partial charge in [0.05, 0.1) is 23.7 Å². The molecule has 30 heavy (non-hydrogen) atoms. The molecule has 0 amide bonds. The average Bonchev–Trinajstić information content (AvgIpc) is 3.33. The van der Waals surface area contributed by atoms with Gasteiger partial charge in [0.1, 0.15) is 0 Å². The van der Waals surface area contributed by atoms with Gasteiger partial charge in [-0.3, -0.25) is 4.40 Å². The number of aliphatic hydroxyl groups excluding tert-OH is 1. The SMILES string of the molecule is OCCn1c(-c2ccc(Cl)cc2)cn2c(-c3ccccc3)c(-c3ccccc3)nc12. The Labute approximate surface area is 179 Å². The summed E-state index contributed by atoms with van der Waals surface area (Å²) in [4.78, 5) is 5.03. The second-order valence-electron chi connectivity index (χ2n) is 7.11. The molecule has 0 radical (unpaired) electrons. The summed E-state index contributed by atoms with van der Waals surface area (Å²) >= 11 is 6.09. The van der Waals surface area contributed by atoms with Crippen LogP contribution in [0.4, 0.5) is 0 Å². The molecular weight excluding hydrogens is 394 g/mol. The van der Waals surface area contributed by atoms with Crippen LogP contribution >= 0.6 is 11.6 Å². The molecule has 5 rings (SSSR count). The van der Waals surface area contributed by atoms with Gasteiger partial charge in [-0.15, -0.1) is 0 Å². The standard InChI is InChI=1S/C25H20ClN3O/c26-21-13-11-18(12-14-21)22-17-29-24(20-9-5-2-6-10-20)23(19-7-3-1-4-8-19)27-25(29)28(22)15-16-30/h1-14,17,30H,15-16H2. The maximum atomic E-state index is 9.74. The first kappa shape index (κ1) is 18.7. The third-order valence-corrected chi connectivity index (χ3v) is 5.49. The van der Waals surface area contributed by atoms with E-state index in [2.05, 4.69) is 39.4 Å². The van der Waals surface area contributed by atoms with Crippen molar-refractivity contribution in [1.82, 2.24) is 14.0 Å². The quantitative estimate of drug-likeness (QED) is 0.396. The minimum Gasteiger partial charge on any atom is -0.395 e. The lowest BCUT2D eigenvalue weighted by Crippen LogP contribution is -2.04. The number of benzene rings is 3. The third-order valence-electron chi connectivity index (χ3n) is 5.23. The van der Waals surface area contributed by atoms with Crippen molar-refractivity contribution in [2.24, 2.45) is 0 Å². The summed E-state index contributed by atoms with van der Waals surface area (Å²) in [7, 11) is 0. The van der Waals surface area contributed by atoms with Crippen LogP contribution in [0.15, 0.2) is 91.1 Å². The molecule has 0 saturated carbocycles. The molecule has 0 unspecified atom stereocenters. The molecule has 0 aliphatic heterocycles. The predicted molar refractivity (Wildman–Crippen MR) is 122 cm³/mol. The first-order valence-electron chi connectivity index (χ1n) is 9.85. The summed E-state index contributed by atoms with van der Waals surface area (Å²) in [5, 5.41) is 10.4. The molecule has 4 nitrogen and oxygen atoms in total. The van der Waals surface area contributed by atoms with Gasteiger partial charge in [0.2, 0.25) is 5.78 Å². The topological polar surface area (TPSA) is 42.5 Å². The van der Waals surface area contributed by atoms with E-state index >= 15 is 0 Å². The lowest BCUT2D eigenvalue weighted by atomic mass is 10.0. The molecule has 0 atom stereocenters. The Morgan fingerprint density at radius 3 is 2.03 bits per heavy atom. The molecule has 0 aliphatic carbocycles. The summed E-state index contributed by atoms with van der Waals surface area (Å²) < 4.78 is 4.18. The first-order valence-corrected chi connectivity index (χ1v) is 10.2. The molecule has 5 aromatic rings. The fourth-order valence-electron chi connectivity index (χ4n) is 3.87. The van der Waals surface area contributed by atoms with Gasteiger partial charge in [-0.1, -0.05) is 84.4 Å². The molecule has 5 heteroatoms. The lowest BCUT2D eigenvalue weighted by Gasteiger charge is -2.07. The zero-order valence-corrected chi connectivity index (χ0v) is 17.0. The lowest BCUT2D eigenvalue weighted by molar-refractivity contribution is 0.278. The number of aromatic nitrogens is 3. The first-order chi connectivity index (χ1) is 14.8. The van der Waals surface area contributed by atoms with Crippen LogP contribution in [-0.4, -0.2) is 25.7 Å². The van der Waals surface area contributed by atoms with E-state index in [4.69, 9.17) is 16.6 Å². The van der Waals surface area contributed by atoms with Crippen LogP contribution in [0.2, 0.25) is 5.02 Å². The Morgan fingerprint density at radius 1 is 0.767 bits per heavy atom. The highest BCUT2D eigenvalue weighted by Crippen LogP contribution is 2.35. The van der Waals surface area contributed by atoms with Gasteiger partial charge < -0.3 is 9.67 Å². The Kier molecular flexibility index (Phi) is 4.87. The minimum absolute atomic E-state index is 0.0269. The van der Waals surface area contributed by atoms with Crippen LogP contribution in [0.1, 0.15) is 0 Å². The molecule has 1 N–H and O–H groups in total. The number of hydrogen-bond acceptors (Lipinski definition) is 2. The number of hydrogen-bond donors (Lipinski definition) is 1. The van der Waals surface area contributed by atoms with Gasteiger partial charge in [0.15, 0.2) is 0 Å². The van der Waals surface area contributed by atoms with Crippen molar-refractivity contribution >= 4 is 17.4 Å². The van der Waals surface area contributed by atoms with Gasteiger partial charge in [-0.05, 0) is 17.7 Å². The number of halogens is 1. The van der Waals surface area contributed by atoms with Crippen LogP contribution in [0.25, 0.3) is 39.5 Å².